The zero-order valence-electron chi connectivity index (χ0n) is 20.0. The van der Waals surface area contributed by atoms with E-state index in [0.29, 0.717) is 61.0 Å². The van der Waals surface area contributed by atoms with Gasteiger partial charge in [-0.3, -0.25) is 9.59 Å². The molecule has 4 rings (SSSR count). The first-order valence-electron chi connectivity index (χ1n) is 11.8. The molecule has 1 aliphatic rings. The molecule has 0 atom stereocenters. The molecule has 0 spiro atoms. The lowest BCUT2D eigenvalue weighted by Gasteiger charge is -2.32. The Hall–Kier alpha value is -4.07. The Bertz CT molecular complexity index is 1180. The number of carbonyl (C=O) groups is 2. The summed E-state index contributed by atoms with van der Waals surface area (Å²) in [5.41, 5.74) is 1.81. The molecule has 0 aliphatic carbocycles. The second kappa shape index (κ2) is 11.4. The van der Waals surface area contributed by atoms with Gasteiger partial charge in [0.05, 0.1) is 25.1 Å². The molecule has 0 bridgehead atoms. The van der Waals surface area contributed by atoms with Crippen LogP contribution in [0.4, 0.5) is 17.2 Å². The number of ether oxygens (including phenoxy) is 2. The lowest BCUT2D eigenvalue weighted by atomic mass is 9.95. The van der Waals surface area contributed by atoms with Crippen molar-refractivity contribution >= 4 is 29.0 Å². The van der Waals surface area contributed by atoms with Gasteiger partial charge in [0.1, 0.15) is 17.3 Å². The second-order valence-corrected chi connectivity index (χ2v) is 8.24. The molecule has 3 aromatic rings. The first kappa shape index (κ1) is 24.1. The minimum absolute atomic E-state index is 0.00491. The molecule has 1 fully saturated rings. The molecule has 1 aliphatic heterocycles. The van der Waals surface area contributed by atoms with E-state index < -0.39 is 0 Å². The second-order valence-electron chi connectivity index (χ2n) is 8.24. The van der Waals surface area contributed by atoms with Crippen LogP contribution in [0.3, 0.4) is 0 Å². The van der Waals surface area contributed by atoms with Crippen LogP contribution in [-0.4, -0.2) is 43.6 Å². The van der Waals surface area contributed by atoms with Crippen LogP contribution in [0.15, 0.2) is 66.9 Å². The van der Waals surface area contributed by atoms with Gasteiger partial charge in [-0.1, -0.05) is 24.3 Å². The van der Waals surface area contributed by atoms with Crippen LogP contribution in [0.1, 0.15) is 30.1 Å². The smallest absolute Gasteiger partial charge is 0.255 e. The topological polar surface area (TPSA) is 92.8 Å². The van der Waals surface area contributed by atoms with E-state index in [1.165, 1.54) is 0 Å². The van der Waals surface area contributed by atoms with Crippen LogP contribution in [0.5, 0.6) is 11.5 Å². The number of anilines is 3. The maximum atomic E-state index is 12.9. The van der Waals surface area contributed by atoms with E-state index in [9.17, 15) is 9.59 Å². The van der Waals surface area contributed by atoms with E-state index in [0.717, 1.165) is 5.82 Å². The number of pyridine rings is 1. The molecule has 2 N–H and O–H groups in total. The van der Waals surface area contributed by atoms with Crippen LogP contribution in [-0.2, 0) is 4.79 Å². The summed E-state index contributed by atoms with van der Waals surface area (Å²) in [6.45, 7) is 3.80. The highest BCUT2D eigenvalue weighted by molar-refractivity contribution is 6.05. The van der Waals surface area contributed by atoms with E-state index in [-0.39, 0.29) is 17.7 Å². The van der Waals surface area contributed by atoms with Crippen LogP contribution >= 0.6 is 0 Å². The number of hydrogen-bond donors (Lipinski definition) is 2. The number of carbonyl (C=O) groups excluding carboxylic acids is 2. The van der Waals surface area contributed by atoms with Crippen molar-refractivity contribution in [3.63, 3.8) is 0 Å². The molecular formula is C27H30N4O4. The van der Waals surface area contributed by atoms with E-state index in [1.807, 2.05) is 43.3 Å². The fourth-order valence-electron chi connectivity index (χ4n) is 4.13. The van der Waals surface area contributed by atoms with Gasteiger partial charge in [-0.2, -0.15) is 0 Å². The Labute approximate surface area is 205 Å². The SMILES string of the molecule is CCOc1ccccc1NC(=O)C1CCN(c2cc(C(=O)Nc3ccccc3OC)ccn2)CC1. The summed E-state index contributed by atoms with van der Waals surface area (Å²) in [5.74, 6) is 1.65. The van der Waals surface area contributed by atoms with Crippen molar-refractivity contribution in [1.82, 2.24) is 4.98 Å². The van der Waals surface area contributed by atoms with Gasteiger partial charge in [0.25, 0.3) is 5.91 Å². The highest BCUT2D eigenvalue weighted by atomic mass is 16.5. The maximum Gasteiger partial charge on any atom is 0.255 e. The molecule has 0 saturated carbocycles. The minimum atomic E-state index is -0.236. The van der Waals surface area contributed by atoms with Crippen molar-refractivity contribution < 1.29 is 19.1 Å². The van der Waals surface area contributed by atoms with Gasteiger partial charge < -0.3 is 25.0 Å². The van der Waals surface area contributed by atoms with Crippen LogP contribution < -0.4 is 25.0 Å². The van der Waals surface area contributed by atoms with Gasteiger partial charge in [-0.05, 0) is 56.2 Å². The first-order valence-corrected chi connectivity index (χ1v) is 11.8. The number of piperidine rings is 1. The number of nitrogens with zero attached hydrogens (tertiary/aromatic N) is 2. The quantitative estimate of drug-likeness (QED) is 0.496. The summed E-state index contributed by atoms with van der Waals surface area (Å²) in [6.07, 6.45) is 3.03. The summed E-state index contributed by atoms with van der Waals surface area (Å²) >= 11 is 0. The van der Waals surface area contributed by atoms with Gasteiger partial charge in [0.15, 0.2) is 0 Å². The fourth-order valence-corrected chi connectivity index (χ4v) is 4.13. The van der Waals surface area contributed by atoms with Crippen molar-refractivity contribution in [2.45, 2.75) is 19.8 Å². The standard InChI is InChI=1S/C27H30N4O4/c1-3-35-24-11-7-5-9-22(24)30-26(32)19-13-16-31(17-14-19)25-18-20(12-15-28-25)27(33)29-21-8-4-6-10-23(21)34-2/h4-12,15,18-19H,3,13-14,16-17H2,1-2H3,(H,29,33)(H,30,32). The van der Waals surface area contributed by atoms with E-state index in [4.69, 9.17) is 9.47 Å². The Kier molecular flexibility index (Phi) is 7.82. The summed E-state index contributed by atoms with van der Waals surface area (Å²) in [5, 5.41) is 5.91. The normalized spacial score (nSPS) is 13.7. The monoisotopic (exact) mass is 474 g/mol. The Morgan fingerprint density at radius 2 is 1.63 bits per heavy atom. The molecule has 35 heavy (non-hydrogen) atoms. The zero-order chi connectivity index (χ0) is 24.6. The average Bonchev–Trinajstić information content (AvgIpc) is 2.90. The number of amides is 2. The fraction of sp³-hybridized carbons (Fsp3) is 0.296. The molecule has 2 heterocycles. The van der Waals surface area contributed by atoms with Gasteiger partial charge >= 0.3 is 0 Å². The molecule has 2 aromatic carbocycles. The van der Waals surface area contributed by atoms with Gasteiger partial charge in [-0.15, -0.1) is 0 Å². The van der Waals surface area contributed by atoms with E-state index in [1.54, 1.807) is 37.6 Å². The van der Waals surface area contributed by atoms with Crippen LogP contribution in [0, 0.1) is 5.92 Å². The Balaban J connectivity index is 1.36. The molecule has 1 saturated heterocycles. The predicted octanol–water partition coefficient (Wildman–Crippen LogP) is 4.60. The highest BCUT2D eigenvalue weighted by Crippen LogP contribution is 2.28. The molecule has 0 radical (unpaired) electrons. The van der Waals surface area contributed by atoms with E-state index in [2.05, 4.69) is 20.5 Å². The minimum Gasteiger partial charge on any atom is -0.495 e. The van der Waals surface area contributed by atoms with Crippen molar-refractivity contribution in [3.8, 4) is 11.5 Å². The third kappa shape index (κ3) is 5.90. The zero-order valence-corrected chi connectivity index (χ0v) is 20.0. The first-order chi connectivity index (χ1) is 17.1. The maximum absolute atomic E-state index is 12.9. The molecular weight excluding hydrogens is 444 g/mol. The molecule has 8 heteroatoms. The van der Waals surface area contributed by atoms with Crippen molar-refractivity contribution in [3.05, 3.63) is 72.4 Å². The number of para-hydroxylation sites is 4. The molecule has 2 amide bonds. The Morgan fingerprint density at radius 1 is 0.971 bits per heavy atom. The molecule has 8 nitrogen and oxygen atoms in total. The molecule has 0 unspecified atom stereocenters. The third-order valence-electron chi connectivity index (χ3n) is 6.00. The number of benzene rings is 2. The lowest BCUT2D eigenvalue weighted by Crippen LogP contribution is -2.38. The summed E-state index contributed by atoms with van der Waals surface area (Å²) in [4.78, 5) is 32.3. The van der Waals surface area contributed by atoms with Crippen LogP contribution in [0.25, 0.3) is 0 Å². The Morgan fingerprint density at radius 3 is 2.31 bits per heavy atom. The summed E-state index contributed by atoms with van der Waals surface area (Å²) < 4.78 is 10.9. The van der Waals surface area contributed by atoms with Crippen molar-refractivity contribution in [1.29, 1.82) is 0 Å². The number of methoxy groups -OCH3 is 1. The average molecular weight is 475 g/mol. The number of hydrogen-bond acceptors (Lipinski definition) is 6. The predicted molar refractivity (Wildman–Crippen MR) is 136 cm³/mol. The summed E-state index contributed by atoms with van der Waals surface area (Å²) in [7, 11) is 1.57. The van der Waals surface area contributed by atoms with Gasteiger partial charge in [0, 0.05) is 30.8 Å². The lowest BCUT2D eigenvalue weighted by molar-refractivity contribution is -0.120. The van der Waals surface area contributed by atoms with Crippen molar-refractivity contribution in [2.75, 3.05) is 42.3 Å². The molecule has 182 valence electrons. The van der Waals surface area contributed by atoms with Gasteiger partial charge in [0.2, 0.25) is 5.91 Å². The third-order valence-corrected chi connectivity index (χ3v) is 6.00. The van der Waals surface area contributed by atoms with Crippen molar-refractivity contribution in [2.24, 2.45) is 5.92 Å². The molecule has 1 aromatic heterocycles. The largest absolute Gasteiger partial charge is 0.495 e. The van der Waals surface area contributed by atoms with Crippen LogP contribution in [0.2, 0.25) is 0 Å². The summed E-state index contributed by atoms with van der Waals surface area (Å²) in [6, 6.07) is 18.2. The van der Waals surface area contributed by atoms with E-state index >= 15 is 0 Å². The number of aromatic nitrogens is 1. The number of rotatable bonds is 8. The van der Waals surface area contributed by atoms with Gasteiger partial charge in [-0.25, -0.2) is 4.98 Å². The highest BCUT2D eigenvalue weighted by Gasteiger charge is 2.26. The number of nitrogens with one attached hydrogen (secondary N) is 2.